The number of benzene rings is 2. The van der Waals surface area contributed by atoms with Crippen LogP contribution in [-0.2, 0) is 16.4 Å². The summed E-state index contributed by atoms with van der Waals surface area (Å²) in [5.41, 5.74) is 12.8. The average molecular weight is 517 g/mol. The largest absolute Gasteiger partial charge is 0.448 e. The molecule has 2 heterocycles. The second-order valence-electron chi connectivity index (χ2n) is 8.33. The molecule has 0 atom stereocenters. The van der Waals surface area contributed by atoms with Crippen molar-refractivity contribution in [2.24, 2.45) is 11.5 Å². The van der Waals surface area contributed by atoms with Crippen molar-refractivity contribution >= 4 is 39.1 Å². The van der Waals surface area contributed by atoms with Gasteiger partial charge in [-0.25, -0.2) is 8.42 Å². The fourth-order valence-corrected chi connectivity index (χ4v) is 5.66. The van der Waals surface area contributed by atoms with E-state index in [1.165, 1.54) is 16.4 Å². The highest BCUT2D eigenvalue weighted by atomic mass is 35.5. The second kappa shape index (κ2) is 10.1. The lowest BCUT2D eigenvalue weighted by Crippen LogP contribution is -2.42. The highest BCUT2D eigenvalue weighted by molar-refractivity contribution is 7.89. The molecule has 1 aliphatic heterocycles. The van der Waals surface area contributed by atoms with E-state index >= 15 is 0 Å². The molecule has 11 heteroatoms. The number of rotatable bonds is 8. The van der Waals surface area contributed by atoms with Gasteiger partial charge in [0, 0.05) is 47.4 Å². The predicted octanol–water partition coefficient (Wildman–Crippen LogP) is 2.99. The van der Waals surface area contributed by atoms with Crippen LogP contribution in [0.4, 0.5) is 5.69 Å². The Morgan fingerprint density at radius 2 is 1.69 bits per heavy atom. The number of nitrogens with zero attached hydrogens (tertiary/aromatic N) is 1. The molecule has 2 aromatic carbocycles. The number of carbonyl (C=O) groups is 2. The summed E-state index contributed by atoms with van der Waals surface area (Å²) in [4.78, 5) is 22.9. The Morgan fingerprint density at radius 1 is 1.00 bits per heavy atom. The van der Waals surface area contributed by atoms with Crippen molar-refractivity contribution in [3.05, 3.63) is 82.1 Å². The number of nitrogens with two attached hydrogens (primary N) is 2. The van der Waals surface area contributed by atoms with E-state index in [9.17, 15) is 18.0 Å². The van der Waals surface area contributed by atoms with Crippen molar-refractivity contribution in [3.63, 3.8) is 0 Å². The van der Waals surface area contributed by atoms with Gasteiger partial charge in [-0.3, -0.25) is 9.59 Å². The zero-order valence-corrected chi connectivity index (χ0v) is 20.3. The molecule has 0 aliphatic carbocycles. The zero-order valence-electron chi connectivity index (χ0n) is 18.7. The lowest BCUT2D eigenvalue weighted by molar-refractivity contribution is 0.0991. The highest BCUT2D eigenvalue weighted by Crippen LogP contribution is 2.26. The Hall–Kier alpha value is -3.34. The Balaban J connectivity index is 1.39. The number of primary amides is 2. The Bertz CT molecular complexity index is 1350. The maximum Gasteiger partial charge on any atom is 0.276 e. The molecule has 3 aromatic rings. The fourth-order valence-electron chi connectivity index (χ4n) is 4.06. The van der Waals surface area contributed by atoms with Crippen molar-refractivity contribution in [3.8, 4) is 0 Å². The van der Waals surface area contributed by atoms with E-state index in [-0.39, 0.29) is 17.6 Å². The maximum absolute atomic E-state index is 13.1. The third kappa shape index (κ3) is 5.67. The summed E-state index contributed by atoms with van der Waals surface area (Å²) in [5, 5.41) is 3.65. The first-order chi connectivity index (χ1) is 16.6. The molecule has 5 N–H and O–H groups in total. The minimum atomic E-state index is -3.81. The zero-order chi connectivity index (χ0) is 25.2. The SMILES string of the molecule is NC(=O)c1ccc(NC2CCN(S(=O)(=O)c3ccc(Cc4cc(Cl)ccc4C(N)=O)o3)CC2)cc1. The standard InChI is InChI=1S/C24H25ClN4O5S/c25-17-3-7-21(24(27)31)16(13-17)14-20-6-8-22(34-20)35(32,33)29-11-9-19(10-12-29)28-18-4-1-15(2-5-18)23(26)30/h1-8,13,19,28H,9-12,14H2,(H2,26,30)(H2,27,31). The molecule has 35 heavy (non-hydrogen) atoms. The first-order valence-corrected chi connectivity index (χ1v) is 12.8. The number of hydrogen-bond donors (Lipinski definition) is 3. The van der Waals surface area contributed by atoms with Crippen molar-refractivity contribution in [2.75, 3.05) is 18.4 Å². The van der Waals surface area contributed by atoms with Gasteiger partial charge in [-0.2, -0.15) is 4.31 Å². The molecule has 4 rings (SSSR count). The third-order valence-corrected chi connectivity index (χ3v) is 7.93. The van der Waals surface area contributed by atoms with Crippen molar-refractivity contribution in [1.29, 1.82) is 0 Å². The average Bonchev–Trinajstić information content (AvgIpc) is 3.29. The summed E-state index contributed by atoms with van der Waals surface area (Å²) >= 11 is 6.04. The minimum Gasteiger partial charge on any atom is -0.448 e. The van der Waals surface area contributed by atoms with Gasteiger partial charge in [-0.15, -0.1) is 0 Å². The van der Waals surface area contributed by atoms with Crippen molar-refractivity contribution < 1.29 is 22.4 Å². The molecule has 1 aromatic heterocycles. The van der Waals surface area contributed by atoms with Crippen LogP contribution in [0.2, 0.25) is 5.02 Å². The maximum atomic E-state index is 13.1. The summed E-state index contributed by atoms with van der Waals surface area (Å²) < 4.78 is 33.3. The molecule has 0 bridgehead atoms. The Morgan fingerprint density at radius 3 is 2.31 bits per heavy atom. The smallest absolute Gasteiger partial charge is 0.276 e. The topological polar surface area (TPSA) is 149 Å². The van der Waals surface area contributed by atoms with Gasteiger partial charge >= 0.3 is 0 Å². The van der Waals surface area contributed by atoms with Crippen LogP contribution in [-0.4, -0.2) is 43.7 Å². The lowest BCUT2D eigenvalue weighted by atomic mass is 10.0. The van der Waals surface area contributed by atoms with Crippen LogP contribution in [0.1, 0.15) is 44.9 Å². The van der Waals surface area contributed by atoms with Gasteiger partial charge in [-0.05, 0) is 73.0 Å². The number of sulfonamides is 1. The van der Waals surface area contributed by atoms with Gasteiger partial charge in [0.25, 0.3) is 10.0 Å². The van der Waals surface area contributed by atoms with Crippen LogP contribution < -0.4 is 16.8 Å². The monoisotopic (exact) mass is 516 g/mol. The molecule has 2 amide bonds. The number of anilines is 1. The summed E-state index contributed by atoms with van der Waals surface area (Å²) in [6.07, 6.45) is 1.39. The minimum absolute atomic E-state index is 0.0862. The van der Waals surface area contributed by atoms with Crippen LogP contribution in [0.15, 0.2) is 64.1 Å². The number of amides is 2. The number of furan rings is 1. The second-order valence-corrected chi connectivity index (χ2v) is 10.6. The Labute approximate surface area is 208 Å². The van der Waals surface area contributed by atoms with Crippen molar-refractivity contribution in [1.82, 2.24) is 4.31 Å². The predicted molar refractivity (Wildman–Crippen MR) is 132 cm³/mol. The summed E-state index contributed by atoms with van der Waals surface area (Å²) in [7, 11) is -3.81. The molecule has 1 fully saturated rings. The van der Waals surface area contributed by atoms with Gasteiger partial charge in [0.2, 0.25) is 16.9 Å². The molecular formula is C24H25ClN4O5S. The number of carbonyl (C=O) groups excluding carboxylic acids is 2. The fraction of sp³-hybridized carbons (Fsp3) is 0.250. The van der Waals surface area contributed by atoms with Gasteiger partial charge in [0.05, 0.1) is 0 Å². The number of piperidine rings is 1. The van der Waals surface area contributed by atoms with Gasteiger partial charge in [0.1, 0.15) is 5.76 Å². The molecular weight excluding hydrogens is 492 g/mol. The van der Waals surface area contributed by atoms with Crippen LogP contribution in [0.3, 0.4) is 0 Å². The van der Waals surface area contributed by atoms with Gasteiger partial charge in [-0.1, -0.05) is 11.6 Å². The quantitative estimate of drug-likeness (QED) is 0.419. The first kappa shape index (κ1) is 24.8. The van der Waals surface area contributed by atoms with Crippen LogP contribution >= 0.6 is 11.6 Å². The highest BCUT2D eigenvalue weighted by Gasteiger charge is 2.31. The summed E-state index contributed by atoms with van der Waals surface area (Å²) in [6.45, 7) is 0.658. The van der Waals surface area contributed by atoms with E-state index in [1.54, 1.807) is 42.5 Å². The van der Waals surface area contributed by atoms with Gasteiger partial charge in [0.15, 0.2) is 0 Å². The molecule has 184 valence electrons. The summed E-state index contributed by atoms with van der Waals surface area (Å²) in [6, 6.07) is 14.6. The number of nitrogens with one attached hydrogen (secondary N) is 1. The van der Waals surface area contributed by atoms with E-state index in [0.717, 1.165) is 5.69 Å². The molecule has 9 nitrogen and oxygen atoms in total. The number of halogens is 1. The molecule has 0 saturated carbocycles. The first-order valence-electron chi connectivity index (χ1n) is 11.0. The third-order valence-electron chi connectivity index (χ3n) is 5.92. The molecule has 0 unspecified atom stereocenters. The van der Waals surface area contributed by atoms with E-state index in [4.69, 9.17) is 27.5 Å². The lowest BCUT2D eigenvalue weighted by Gasteiger charge is -2.31. The van der Waals surface area contributed by atoms with E-state index in [2.05, 4.69) is 5.32 Å². The molecule has 0 spiro atoms. The molecule has 0 radical (unpaired) electrons. The summed E-state index contributed by atoms with van der Waals surface area (Å²) in [5.74, 6) is -0.710. The number of hydrogen-bond acceptors (Lipinski definition) is 6. The normalized spacial score (nSPS) is 15.1. The van der Waals surface area contributed by atoms with E-state index in [1.807, 2.05) is 0 Å². The van der Waals surface area contributed by atoms with Crippen LogP contribution in [0.5, 0.6) is 0 Å². The van der Waals surface area contributed by atoms with E-state index < -0.39 is 21.8 Å². The van der Waals surface area contributed by atoms with Gasteiger partial charge < -0.3 is 21.2 Å². The van der Waals surface area contributed by atoms with Crippen LogP contribution in [0.25, 0.3) is 0 Å². The molecule has 1 saturated heterocycles. The van der Waals surface area contributed by atoms with Crippen LogP contribution in [0, 0.1) is 0 Å². The van der Waals surface area contributed by atoms with Crippen molar-refractivity contribution in [2.45, 2.75) is 30.4 Å². The van der Waals surface area contributed by atoms with E-state index in [0.29, 0.717) is 53.4 Å². The molecule has 1 aliphatic rings. The Kier molecular flexibility index (Phi) is 7.15.